The molecule has 0 bridgehead atoms. The van der Waals surface area contributed by atoms with Crippen molar-refractivity contribution in [3.8, 4) is 0 Å². The summed E-state index contributed by atoms with van der Waals surface area (Å²) in [7, 11) is 0. The van der Waals surface area contributed by atoms with Crippen LogP contribution in [-0.4, -0.2) is 23.7 Å². The Kier molecular flexibility index (Phi) is 5.09. The molecule has 1 atom stereocenters. The first-order valence-corrected chi connectivity index (χ1v) is 6.06. The molecule has 0 unspecified atom stereocenters. The van der Waals surface area contributed by atoms with Crippen LogP contribution in [-0.2, 0) is 4.79 Å². The van der Waals surface area contributed by atoms with E-state index in [2.05, 4.69) is 5.32 Å². The average molecular weight is 213 g/mol. The van der Waals surface area contributed by atoms with Gasteiger partial charge in [-0.3, -0.25) is 4.79 Å². The van der Waals surface area contributed by atoms with Gasteiger partial charge in [0.2, 0.25) is 5.91 Å². The van der Waals surface area contributed by atoms with Gasteiger partial charge in [-0.1, -0.05) is 33.1 Å². The van der Waals surface area contributed by atoms with Gasteiger partial charge in [0, 0.05) is 5.92 Å². The summed E-state index contributed by atoms with van der Waals surface area (Å²) >= 11 is 0. The SMILES string of the molecule is CC(C)[C@@H](CO)NC(=O)C1CCCCC1. The lowest BCUT2D eigenvalue weighted by Gasteiger charge is -2.25. The molecule has 1 rings (SSSR count). The highest BCUT2D eigenvalue weighted by molar-refractivity contribution is 5.79. The Morgan fingerprint density at radius 1 is 1.33 bits per heavy atom. The Morgan fingerprint density at radius 3 is 2.40 bits per heavy atom. The molecule has 0 spiro atoms. The molecule has 0 aliphatic heterocycles. The molecule has 0 saturated heterocycles. The maximum atomic E-state index is 11.8. The fourth-order valence-electron chi connectivity index (χ4n) is 2.09. The van der Waals surface area contributed by atoms with Crippen LogP contribution in [0.5, 0.6) is 0 Å². The summed E-state index contributed by atoms with van der Waals surface area (Å²) < 4.78 is 0. The van der Waals surface area contributed by atoms with Gasteiger partial charge < -0.3 is 10.4 Å². The second kappa shape index (κ2) is 6.11. The maximum absolute atomic E-state index is 11.8. The zero-order chi connectivity index (χ0) is 11.3. The van der Waals surface area contributed by atoms with Crippen LogP contribution in [0.15, 0.2) is 0 Å². The van der Waals surface area contributed by atoms with Crippen molar-refractivity contribution in [2.24, 2.45) is 11.8 Å². The minimum atomic E-state index is -0.0839. The topological polar surface area (TPSA) is 49.3 Å². The first kappa shape index (κ1) is 12.5. The summed E-state index contributed by atoms with van der Waals surface area (Å²) in [6.07, 6.45) is 5.63. The standard InChI is InChI=1S/C12H23NO2/c1-9(2)11(8-14)13-12(15)10-6-4-3-5-7-10/h9-11,14H,3-8H2,1-2H3,(H,13,15)/t11-/m1/s1. The molecular formula is C12H23NO2. The Hall–Kier alpha value is -0.570. The summed E-state index contributed by atoms with van der Waals surface area (Å²) in [5.41, 5.74) is 0. The van der Waals surface area contributed by atoms with E-state index in [0.29, 0.717) is 5.92 Å². The minimum absolute atomic E-state index is 0.0378. The molecule has 15 heavy (non-hydrogen) atoms. The molecule has 3 heteroatoms. The van der Waals surface area contributed by atoms with E-state index < -0.39 is 0 Å². The number of hydrogen-bond donors (Lipinski definition) is 2. The number of amides is 1. The van der Waals surface area contributed by atoms with Gasteiger partial charge in [0.15, 0.2) is 0 Å². The monoisotopic (exact) mass is 213 g/mol. The largest absolute Gasteiger partial charge is 0.394 e. The first-order chi connectivity index (χ1) is 7.15. The number of aliphatic hydroxyl groups excluding tert-OH is 1. The molecule has 1 saturated carbocycles. The molecule has 1 aliphatic rings. The molecule has 0 aromatic heterocycles. The number of carbonyl (C=O) groups excluding carboxylic acids is 1. The second-order valence-electron chi connectivity index (χ2n) is 4.88. The van der Waals surface area contributed by atoms with E-state index in [9.17, 15) is 4.79 Å². The van der Waals surface area contributed by atoms with Crippen molar-refractivity contribution in [1.29, 1.82) is 0 Å². The van der Waals surface area contributed by atoms with Gasteiger partial charge in [-0.15, -0.1) is 0 Å². The fourth-order valence-corrected chi connectivity index (χ4v) is 2.09. The third kappa shape index (κ3) is 3.82. The van der Waals surface area contributed by atoms with Crippen LogP contribution in [0.2, 0.25) is 0 Å². The van der Waals surface area contributed by atoms with Gasteiger partial charge in [0.1, 0.15) is 0 Å². The number of rotatable bonds is 4. The maximum Gasteiger partial charge on any atom is 0.223 e. The normalized spacial score (nSPS) is 20.3. The summed E-state index contributed by atoms with van der Waals surface area (Å²) in [4.78, 5) is 11.8. The van der Waals surface area contributed by atoms with Crippen LogP contribution < -0.4 is 5.32 Å². The number of aliphatic hydroxyl groups is 1. The second-order valence-corrected chi connectivity index (χ2v) is 4.88. The first-order valence-electron chi connectivity index (χ1n) is 6.06. The molecule has 1 aliphatic carbocycles. The van der Waals surface area contributed by atoms with Crippen LogP contribution in [0.4, 0.5) is 0 Å². The van der Waals surface area contributed by atoms with E-state index in [-0.39, 0.29) is 24.5 Å². The third-order valence-electron chi connectivity index (χ3n) is 3.31. The van der Waals surface area contributed by atoms with Crippen molar-refractivity contribution in [1.82, 2.24) is 5.32 Å². The van der Waals surface area contributed by atoms with Gasteiger partial charge >= 0.3 is 0 Å². The highest BCUT2D eigenvalue weighted by atomic mass is 16.3. The molecule has 1 fully saturated rings. The van der Waals surface area contributed by atoms with Crippen molar-refractivity contribution in [3.63, 3.8) is 0 Å². The van der Waals surface area contributed by atoms with Crippen LogP contribution in [0.3, 0.4) is 0 Å². The molecule has 0 heterocycles. The Bertz CT molecular complexity index is 198. The van der Waals surface area contributed by atoms with E-state index in [1.165, 1.54) is 19.3 Å². The van der Waals surface area contributed by atoms with Crippen molar-refractivity contribution in [2.45, 2.75) is 52.0 Å². The number of carbonyl (C=O) groups is 1. The van der Waals surface area contributed by atoms with Gasteiger partial charge in [0.25, 0.3) is 0 Å². The minimum Gasteiger partial charge on any atom is -0.394 e. The third-order valence-corrected chi connectivity index (χ3v) is 3.31. The molecule has 0 aromatic carbocycles. The predicted octanol–water partition coefficient (Wildman–Crippen LogP) is 1.70. The Morgan fingerprint density at radius 2 is 1.93 bits per heavy atom. The van der Waals surface area contributed by atoms with E-state index in [1.807, 2.05) is 13.8 Å². The molecular weight excluding hydrogens is 190 g/mol. The van der Waals surface area contributed by atoms with Crippen molar-refractivity contribution < 1.29 is 9.90 Å². The molecule has 2 N–H and O–H groups in total. The lowest BCUT2D eigenvalue weighted by molar-refractivity contribution is -0.127. The Labute approximate surface area is 92.3 Å². The Balaban J connectivity index is 2.38. The van der Waals surface area contributed by atoms with Crippen LogP contribution in [0.25, 0.3) is 0 Å². The highest BCUT2D eigenvalue weighted by Crippen LogP contribution is 2.23. The number of hydrogen-bond acceptors (Lipinski definition) is 2. The van der Waals surface area contributed by atoms with Gasteiger partial charge in [0.05, 0.1) is 12.6 Å². The molecule has 0 radical (unpaired) electrons. The van der Waals surface area contributed by atoms with E-state index >= 15 is 0 Å². The fraction of sp³-hybridized carbons (Fsp3) is 0.917. The lowest BCUT2D eigenvalue weighted by atomic mass is 9.88. The number of nitrogens with one attached hydrogen (secondary N) is 1. The van der Waals surface area contributed by atoms with Gasteiger partial charge in [-0.2, -0.15) is 0 Å². The zero-order valence-electron chi connectivity index (χ0n) is 9.83. The van der Waals surface area contributed by atoms with Crippen LogP contribution in [0.1, 0.15) is 46.0 Å². The van der Waals surface area contributed by atoms with Gasteiger partial charge in [-0.25, -0.2) is 0 Å². The van der Waals surface area contributed by atoms with Gasteiger partial charge in [-0.05, 0) is 18.8 Å². The van der Waals surface area contributed by atoms with Crippen molar-refractivity contribution in [2.75, 3.05) is 6.61 Å². The summed E-state index contributed by atoms with van der Waals surface area (Å²) in [5.74, 6) is 0.622. The van der Waals surface area contributed by atoms with Crippen LogP contribution in [0, 0.1) is 11.8 Å². The van der Waals surface area contributed by atoms with E-state index in [4.69, 9.17) is 5.11 Å². The molecule has 88 valence electrons. The highest BCUT2D eigenvalue weighted by Gasteiger charge is 2.23. The summed E-state index contributed by atoms with van der Waals surface area (Å²) in [5, 5.41) is 12.1. The molecule has 0 aromatic rings. The lowest BCUT2D eigenvalue weighted by Crippen LogP contribution is -2.44. The average Bonchev–Trinajstić information content (AvgIpc) is 2.26. The summed E-state index contributed by atoms with van der Waals surface area (Å²) in [6.45, 7) is 4.07. The quantitative estimate of drug-likeness (QED) is 0.746. The summed E-state index contributed by atoms with van der Waals surface area (Å²) in [6, 6.07) is -0.0839. The molecule has 1 amide bonds. The molecule has 3 nitrogen and oxygen atoms in total. The van der Waals surface area contributed by atoms with Crippen molar-refractivity contribution >= 4 is 5.91 Å². The van der Waals surface area contributed by atoms with Crippen molar-refractivity contribution in [3.05, 3.63) is 0 Å². The smallest absolute Gasteiger partial charge is 0.223 e. The zero-order valence-corrected chi connectivity index (χ0v) is 9.83. The predicted molar refractivity (Wildman–Crippen MR) is 60.4 cm³/mol. The van der Waals surface area contributed by atoms with E-state index in [0.717, 1.165) is 12.8 Å². The van der Waals surface area contributed by atoms with Crippen LogP contribution >= 0.6 is 0 Å². The van der Waals surface area contributed by atoms with E-state index in [1.54, 1.807) is 0 Å².